The summed E-state index contributed by atoms with van der Waals surface area (Å²) in [4.78, 5) is 0. The van der Waals surface area contributed by atoms with Crippen LogP contribution in [0.5, 0.6) is 0 Å². The molecule has 0 bridgehead atoms. The molecule has 0 aliphatic carbocycles. The van der Waals surface area contributed by atoms with Crippen molar-refractivity contribution in [1.29, 1.82) is 0 Å². The van der Waals surface area contributed by atoms with Gasteiger partial charge in [-0.05, 0) is 13.0 Å². The van der Waals surface area contributed by atoms with Crippen molar-refractivity contribution in [3.05, 3.63) is 35.1 Å². The van der Waals surface area contributed by atoms with Crippen molar-refractivity contribution in [3.63, 3.8) is 0 Å². The lowest BCUT2D eigenvalue weighted by molar-refractivity contribution is -0.140. The van der Waals surface area contributed by atoms with Gasteiger partial charge in [-0.3, -0.25) is 0 Å². The van der Waals surface area contributed by atoms with Gasteiger partial charge in [0.05, 0.1) is 11.7 Å². The second-order valence-corrected chi connectivity index (χ2v) is 2.88. The Morgan fingerprint density at radius 3 is 2.29 bits per heavy atom. The van der Waals surface area contributed by atoms with Crippen molar-refractivity contribution in [2.75, 3.05) is 0 Å². The van der Waals surface area contributed by atoms with E-state index in [9.17, 15) is 17.6 Å². The maximum absolute atomic E-state index is 13.1. The van der Waals surface area contributed by atoms with Crippen LogP contribution < -0.4 is 0 Å². The normalized spacial score (nSPS) is 14.1. The molecule has 78 valence electrons. The summed E-state index contributed by atoms with van der Waals surface area (Å²) < 4.78 is 49.7. The Bertz CT molecular complexity index is 330. The summed E-state index contributed by atoms with van der Waals surface area (Å²) in [6.07, 6.45) is -5.98. The van der Waals surface area contributed by atoms with Crippen LogP contribution in [-0.4, -0.2) is 5.11 Å². The van der Waals surface area contributed by atoms with Crippen molar-refractivity contribution < 1.29 is 22.7 Å². The van der Waals surface area contributed by atoms with Crippen LogP contribution >= 0.6 is 0 Å². The molecule has 0 fully saturated rings. The predicted molar refractivity (Wildman–Crippen MR) is 42.0 cm³/mol. The lowest BCUT2D eigenvalue weighted by Gasteiger charge is -2.12. The first-order valence-electron chi connectivity index (χ1n) is 3.87. The molecule has 0 saturated heterocycles. The molecule has 1 unspecified atom stereocenters. The summed E-state index contributed by atoms with van der Waals surface area (Å²) in [5.41, 5.74) is -1.70. The Kier molecular flexibility index (Phi) is 2.80. The third-order valence-corrected chi connectivity index (χ3v) is 1.78. The van der Waals surface area contributed by atoms with Gasteiger partial charge in [0, 0.05) is 5.56 Å². The van der Waals surface area contributed by atoms with E-state index < -0.39 is 23.7 Å². The predicted octanol–water partition coefficient (Wildman–Crippen LogP) is 2.90. The fraction of sp³-hybridized carbons (Fsp3) is 0.333. The monoisotopic (exact) mass is 208 g/mol. The standard InChI is InChI=1S/C9H8F4O/c1-5(14)6-3-2-4-7(8(6)10)9(11,12)13/h2-5,14H,1H3. The molecule has 0 saturated carbocycles. The number of rotatable bonds is 1. The lowest BCUT2D eigenvalue weighted by Crippen LogP contribution is -2.10. The largest absolute Gasteiger partial charge is 0.419 e. The number of hydrogen-bond acceptors (Lipinski definition) is 1. The van der Waals surface area contributed by atoms with Gasteiger partial charge in [0.1, 0.15) is 5.82 Å². The maximum Gasteiger partial charge on any atom is 0.419 e. The van der Waals surface area contributed by atoms with Crippen molar-refractivity contribution >= 4 is 0 Å². The molecule has 0 radical (unpaired) electrons. The Morgan fingerprint density at radius 1 is 1.29 bits per heavy atom. The van der Waals surface area contributed by atoms with Gasteiger partial charge in [0.2, 0.25) is 0 Å². The first kappa shape index (κ1) is 11.0. The summed E-state index contributed by atoms with van der Waals surface area (Å²) in [6, 6.07) is 2.82. The number of hydrogen-bond donors (Lipinski definition) is 1. The molecule has 1 atom stereocenters. The van der Waals surface area contributed by atoms with Crippen LogP contribution in [0.2, 0.25) is 0 Å². The van der Waals surface area contributed by atoms with E-state index in [1.807, 2.05) is 0 Å². The average molecular weight is 208 g/mol. The van der Waals surface area contributed by atoms with Crippen LogP contribution in [0, 0.1) is 5.82 Å². The minimum Gasteiger partial charge on any atom is -0.389 e. The van der Waals surface area contributed by atoms with Gasteiger partial charge < -0.3 is 5.11 Å². The van der Waals surface area contributed by atoms with Crippen molar-refractivity contribution in [2.45, 2.75) is 19.2 Å². The van der Waals surface area contributed by atoms with Crippen LogP contribution in [0.4, 0.5) is 17.6 Å². The molecule has 0 heterocycles. The van der Waals surface area contributed by atoms with E-state index in [-0.39, 0.29) is 5.56 Å². The zero-order valence-electron chi connectivity index (χ0n) is 7.27. The highest BCUT2D eigenvalue weighted by Gasteiger charge is 2.35. The van der Waals surface area contributed by atoms with Crippen molar-refractivity contribution in [2.24, 2.45) is 0 Å². The van der Waals surface area contributed by atoms with Crippen molar-refractivity contribution in [1.82, 2.24) is 0 Å². The van der Waals surface area contributed by atoms with Crippen LogP contribution in [0.1, 0.15) is 24.2 Å². The lowest BCUT2D eigenvalue weighted by atomic mass is 10.1. The fourth-order valence-corrected chi connectivity index (χ4v) is 1.09. The van der Waals surface area contributed by atoms with E-state index in [1.165, 1.54) is 6.92 Å². The Labute approximate surface area is 78.0 Å². The molecule has 1 nitrogen and oxygen atoms in total. The first-order valence-corrected chi connectivity index (χ1v) is 3.87. The molecule has 0 aromatic heterocycles. The Hall–Kier alpha value is -1.10. The summed E-state index contributed by atoms with van der Waals surface area (Å²) in [7, 11) is 0. The fourth-order valence-electron chi connectivity index (χ4n) is 1.09. The number of aliphatic hydroxyl groups is 1. The zero-order chi connectivity index (χ0) is 10.9. The second-order valence-electron chi connectivity index (χ2n) is 2.88. The second kappa shape index (κ2) is 3.57. The molecular weight excluding hydrogens is 200 g/mol. The molecule has 1 aromatic rings. The summed E-state index contributed by atoms with van der Waals surface area (Å²) in [5.74, 6) is -1.41. The van der Waals surface area contributed by atoms with Gasteiger partial charge in [-0.2, -0.15) is 13.2 Å². The summed E-state index contributed by atoms with van der Waals surface area (Å²) in [6.45, 7) is 1.21. The van der Waals surface area contributed by atoms with E-state index in [4.69, 9.17) is 5.11 Å². The Morgan fingerprint density at radius 2 is 1.86 bits per heavy atom. The molecule has 14 heavy (non-hydrogen) atoms. The van der Waals surface area contributed by atoms with Crippen molar-refractivity contribution in [3.8, 4) is 0 Å². The average Bonchev–Trinajstić information content (AvgIpc) is 2.01. The van der Waals surface area contributed by atoms with Gasteiger partial charge >= 0.3 is 6.18 Å². The van der Waals surface area contributed by atoms with E-state index in [1.54, 1.807) is 0 Å². The minimum atomic E-state index is -4.73. The molecule has 0 spiro atoms. The molecule has 0 aliphatic rings. The quantitative estimate of drug-likeness (QED) is 0.703. The van der Waals surface area contributed by atoms with E-state index in [0.717, 1.165) is 12.1 Å². The van der Waals surface area contributed by atoms with E-state index >= 15 is 0 Å². The van der Waals surface area contributed by atoms with Crippen LogP contribution in [-0.2, 0) is 6.18 Å². The Balaban J connectivity index is 3.28. The van der Waals surface area contributed by atoms with Gasteiger partial charge in [-0.15, -0.1) is 0 Å². The van der Waals surface area contributed by atoms with Crippen LogP contribution in [0.3, 0.4) is 0 Å². The number of aliphatic hydroxyl groups excluding tert-OH is 1. The summed E-state index contributed by atoms with van der Waals surface area (Å²) >= 11 is 0. The molecule has 1 aromatic carbocycles. The van der Waals surface area contributed by atoms with E-state index in [0.29, 0.717) is 6.07 Å². The molecule has 0 aliphatic heterocycles. The van der Waals surface area contributed by atoms with Gasteiger partial charge in [-0.25, -0.2) is 4.39 Å². The highest BCUT2D eigenvalue weighted by Crippen LogP contribution is 2.33. The molecule has 0 amide bonds. The van der Waals surface area contributed by atoms with Crippen LogP contribution in [0.15, 0.2) is 18.2 Å². The molecule has 1 rings (SSSR count). The molecular formula is C9H8F4O. The number of halogens is 4. The summed E-state index contributed by atoms with van der Waals surface area (Å²) in [5, 5.41) is 8.99. The highest BCUT2D eigenvalue weighted by atomic mass is 19.4. The van der Waals surface area contributed by atoms with Crippen LogP contribution in [0.25, 0.3) is 0 Å². The highest BCUT2D eigenvalue weighted by molar-refractivity contribution is 5.29. The zero-order valence-corrected chi connectivity index (χ0v) is 7.27. The van der Waals surface area contributed by atoms with Gasteiger partial charge in [0.15, 0.2) is 0 Å². The third kappa shape index (κ3) is 2.04. The van der Waals surface area contributed by atoms with Gasteiger partial charge in [-0.1, -0.05) is 12.1 Å². The maximum atomic E-state index is 13.1. The molecule has 5 heteroatoms. The minimum absolute atomic E-state index is 0.347. The van der Waals surface area contributed by atoms with E-state index in [2.05, 4.69) is 0 Å². The number of benzene rings is 1. The SMILES string of the molecule is CC(O)c1cccc(C(F)(F)F)c1F. The van der Waals surface area contributed by atoms with Gasteiger partial charge in [0.25, 0.3) is 0 Å². The number of alkyl halides is 3. The smallest absolute Gasteiger partial charge is 0.389 e. The first-order chi connectivity index (χ1) is 6.34. The molecule has 1 N–H and O–H groups in total. The third-order valence-electron chi connectivity index (χ3n) is 1.78. The topological polar surface area (TPSA) is 20.2 Å².